The van der Waals surface area contributed by atoms with Crippen LogP contribution >= 0.6 is 11.6 Å². The van der Waals surface area contributed by atoms with Gasteiger partial charge < -0.3 is 5.32 Å². The summed E-state index contributed by atoms with van der Waals surface area (Å²) in [4.78, 5) is 18.8. The number of nitrogens with one attached hydrogen (secondary N) is 1. The molecule has 0 aliphatic rings. The predicted molar refractivity (Wildman–Crippen MR) is 49.7 cm³/mol. The molecule has 1 heterocycles. The SMILES string of the molecule is CC(CCl)NC(=O)c1cncnc1. The van der Waals surface area contributed by atoms with Crippen molar-refractivity contribution < 1.29 is 4.79 Å². The van der Waals surface area contributed by atoms with Gasteiger partial charge >= 0.3 is 0 Å². The second-order valence-electron chi connectivity index (χ2n) is 2.66. The van der Waals surface area contributed by atoms with E-state index in [0.29, 0.717) is 11.4 Å². The van der Waals surface area contributed by atoms with Crippen LogP contribution in [0.2, 0.25) is 0 Å². The number of aromatic nitrogens is 2. The van der Waals surface area contributed by atoms with Gasteiger partial charge in [0, 0.05) is 24.3 Å². The summed E-state index contributed by atoms with van der Waals surface area (Å²) < 4.78 is 0. The van der Waals surface area contributed by atoms with Crippen LogP contribution < -0.4 is 5.32 Å². The summed E-state index contributed by atoms with van der Waals surface area (Å²) >= 11 is 5.54. The molecular formula is C8H10ClN3O. The fourth-order valence-electron chi connectivity index (χ4n) is 0.762. The van der Waals surface area contributed by atoms with E-state index in [1.54, 1.807) is 0 Å². The molecule has 13 heavy (non-hydrogen) atoms. The first-order chi connectivity index (χ1) is 6.24. The number of nitrogens with zero attached hydrogens (tertiary/aromatic N) is 2. The predicted octanol–water partition coefficient (Wildman–Crippen LogP) is 0.834. The smallest absolute Gasteiger partial charge is 0.254 e. The maximum Gasteiger partial charge on any atom is 0.254 e. The molecule has 0 aromatic carbocycles. The molecule has 0 saturated heterocycles. The summed E-state index contributed by atoms with van der Waals surface area (Å²) in [5, 5.41) is 2.69. The van der Waals surface area contributed by atoms with Crippen molar-refractivity contribution in [3.05, 3.63) is 24.3 Å². The van der Waals surface area contributed by atoms with Gasteiger partial charge in [-0.3, -0.25) is 4.79 Å². The minimum absolute atomic E-state index is 0.0469. The summed E-state index contributed by atoms with van der Waals surface area (Å²) in [6.45, 7) is 1.83. The van der Waals surface area contributed by atoms with Gasteiger partial charge in [-0.05, 0) is 6.92 Å². The Kier molecular flexibility index (Phi) is 3.64. The monoisotopic (exact) mass is 199 g/mol. The Morgan fingerprint density at radius 1 is 1.62 bits per heavy atom. The third kappa shape index (κ3) is 2.99. The lowest BCUT2D eigenvalue weighted by Gasteiger charge is -2.09. The average molecular weight is 200 g/mol. The quantitative estimate of drug-likeness (QED) is 0.734. The average Bonchev–Trinajstić information content (AvgIpc) is 2.19. The summed E-state index contributed by atoms with van der Waals surface area (Å²) in [6, 6.07) is -0.0469. The van der Waals surface area contributed by atoms with Crippen molar-refractivity contribution in [2.45, 2.75) is 13.0 Å². The summed E-state index contributed by atoms with van der Waals surface area (Å²) in [5.41, 5.74) is 0.444. The highest BCUT2D eigenvalue weighted by atomic mass is 35.5. The number of rotatable bonds is 3. The van der Waals surface area contributed by atoms with Crippen LogP contribution in [0.4, 0.5) is 0 Å². The van der Waals surface area contributed by atoms with Gasteiger partial charge in [-0.15, -0.1) is 11.6 Å². The fourth-order valence-corrected chi connectivity index (χ4v) is 0.839. The number of halogens is 1. The molecule has 1 unspecified atom stereocenters. The molecule has 0 aliphatic heterocycles. The third-order valence-electron chi connectivity index (χ3n) is 1.43. The van der Waals surface area contributed by atoms with Gasteiger partial charge in [0.1, 0.15) is 6.33 Å². The largest absolute Gasteiger partial charge is 0.348 e. The highest BCUT2D eigenvalue weighted by Gasteiger charge is 2.08. The van der Waals surface area contributed by atoms with Crippen LogP contribution in [0.25, 0.3) is 0 Å². The highest BCUT2D eigenvalue weighted by molar-refractivity contribution is 6.18. The Hall–Kier alpha value is -1.16. The summed E-state index contributed by atoms with van der Waals surface area (Å²) in [6.07, 6.45) is 4.30. The van der Waals surface area contributed by atoms with Crippen molar-refractivity contribution in [1.29, 1.82) is 0 Å². The normalized spacial score (nSPS) is 12.2. The van der Waals surface area contributed by atoms with Crippen molar-refractivity contribution in [2.24, 2.45) is 0 Å². The van der Waals surface area contributed by atoms with E-state index >= 15 is 0 Å². The van der Waals surface area contributed by atoms with Crippen LogP contribution in [0.3, 0.4) is 0 Å². The second-order valence-corrected chi connectivity index (χ2v) is 2.96. The van der Waals surface area contributed by atoms with Gasteiger partial charge in [0.15, 0.2) is 0 Å². The van der Waals surface area contributed by atoms with Gasteiger partial charge in [-0.2, -0.15) is 0 Å². The van der Waals surface area contributed by atoms with Crippen molar-refractivity contribution >= 4 is 17.5 Å². The molecule has 1 rings (SSSR count). The van der Waals surface area contributed by atoms with Crippen molar-refractivity contribution in [1.82, 2.24) is 15.3 Å². The van der Waals surface area contributed by atoms with Gasteiger partial charge in [-0.1, -0.05) is 0 Å². The maximum atomic E-state index is 11.4. The van der Waals surface area contributed by atoms with Gasteiger partial charge in [0.2, 0.25) is 0 Å². The molecule has 1 N–H and O–H groups in total. The molecule has 5 heteroatoms. The first kappa shape index (κ1) is 9.92. The lowest BCUT2D eigenvalue weighted by molar-refractivity contribution is 0.0943. The molecule has 0 fully saturated rings. The molecule has 1 amide bonds. The zero-order valence-corrected chi connectivity index (χ0v) is 7.95. The molecule has 0 bridgehead atoms. The summed E-state index contributed by atoms with van der Waals surface area (Å²) in [7, 11) is 0. The molecule has 0 aliphatic carbocycles. The zero-order chi connectivity index (χ0) is 9.68. The van der Waals surface area contributed by atoms with E-state index in [4.69, 9.17) is 11.6 Å². The van der Waals surface area contributed by atoms with Crippen molar-refractivity contribution in [3.8, 4) is 0 Å². The van der Waals surface area contributed by atoms with E-state index in [-0.39, 0.29) is 11.9 Å². The molecule has 70 valence electrons. The lowest BCUT2D eigenvalue weighted by atomic mass is 10.3. The Morgan fingerprint density at radius 3 is 2.77 bits per heavy atom. The van der Waals surface area contributed by atoms with Crippen LogP contribution in [-0.4, -0.2) is 27.8 Å². The van der Waals surface area contributed by atoms with E-state index in [1.165, 1.54) is 18.7 Å². The van der Waals surface area contributed by atoms with Crippen LogP contribution in [0.15, 0.2) is 18.7 Å². The minimum atomic E-state index is -0.200. The maximum absolute atomic E-state index is 11.4. The number of alkyl halides is 1. The number of carbonyl (C=O) groups is 1. The molecule has 0 spiro atoms. The van der Waals surface area contributed by atoms with Crippen molar-refractivity contribution in [2.75, 3.05) is 5.88 Å². The fraction of sp³-hybridized carbons (Fsp3) is 0.375. The molecular weight excluding hydrogens is 190 g/mol. The first-order valence-electron chi connectivity index (χ1n) is 3.86. The van der Waals surface area contributed by atoms with Crippen LogP contribution in [0, 0.1) is 0 Å². The van der Waals surface area contributed by atoms with Crippen molar-refractivity contribution in [3.63, 3.8) is 0 Å². The topological polar surface area (TPSA) is 54.9 Å². The van der Waals surface area contributed by atoms with E-state index < -0.39 is 0 Å². The Bertz CT molecular complexity index is 278. The Balaban J connectivity index is 2.59. The first-order valence-corrected chi connectivity index (χ1v) is 4.39. The number of amides is 1. The highest BCUT2D eigenvalue weighted by Crippen LogP contribution is 1.94. The molecule has 1 aromatic heterocycles. The molecule has 0 radical (unpaired) electrons. The number of carbonyl (C=O) groups excluding carboxylic acids is 1. The number of hydrogen-bond acceptors (Lipinski definition) is 3. The van der Waals surface area contributed by atoms with Crippen LogP contribution in [0.5, 0.6) is 0 Å². The number of hydrogen-bond donors (Lipinski definition) is 1. The van der Waals surface area contributed by atoms with E-state index in [9.17, 15) is 4.79 Å². The zero-order valence-electron chi connectivity index (χ0n) is 7.20. The second kappa shape index (κ2) is 4.77. The van der Waals surface area contributed by atoms with Gasteiger partial charge in [0.25, 0.3) is 5.91 Å². The summed E-state index contributed by atoms with van der Waals surface area (Å²) in [5.74, 6) is 0.188. The van der Waals surface area contributed by atoms with E-state index in [2.05, 4.69) is 15.3 Å². The van der Waals surface area contributed by atoms with Gasteiger partial charge in [-0.25, -0.2) is 9.97 Å². The standard InChI is InChI=1S/C8H10ClN3O/c1-6(2-9)12-8(13)7-3-10-5-11-4-7/h3-6H,2H2,1H3,(H,12,13). The lowest BCUT2D eigenvalue weighted by Crippen LogP contribution is -2.33. The third-order valence-corrected chi connectivity index (χ3v) is 1.89. The van der Waals surface area contributed by atoms with E-state index in [1.807, 2.05) is 6.92 Å². The Morgan fingerprint density at radius 2 is 2.23 bits per heavy atom. The van der Waals surface area contributed by atoms with E-state index in [0.717, 1.165) is 0 Å². The molecule has 4 nitrogen and oxygen atoms in total. The molecule has 0 saturated carbocycles. The Labute approximate surface area is 81.3 Å². The molecule has 1 aromatic rings. The minimum Gasteiger partial charge on any atom is -0.348 e. The van der Waals surface area contributed by atoms with Gasteiger partial charge in [0.05, 0.1) is 5.56 Å². The van der Waals surface area contributed by atoms with Crippen LogP contribution in [-0.2, 0) is 0 Å². The van der Waals surface area contributed by atoms with Crippen LogP contribution in [0.1, 0.15) is 17.3 Å². The molecule has 1 atom stereocenters.